The molecule has 19 heavy (non-hydrogen) atoms. The van der Waals surface area contributed by atoms with Gasteiger partial charge in [0, 0.05) is 18.5 Å². The topological polar surface area (TPSA) is 46.0 Å². The molecule has 0 atom stereocenters. The molecule has 1 saturated heterocycles. The summed E-state index contributed by atoms with van der Waals surface area (Å²) in [7, 11) is 4.12. The lowest BCUT2D eigenvalue weighted by Gasteiger charge is -2.30. The van der Waals surface area contributed by atoms with Crippen LogP contribution in [0.4, 0.5) is 5.69 Å². The van der Waals surface area contributed by atoms with Gasteiger partial charge < -0.3 is 10.2 Å². The fourth-order valence-corrected chi connectivity index (χ4v) is 2.78. The van der Waals surface area contributed by atoms with Crippen molar-refractivity contribution in [1.82, 2.24) is 19.7 Å². The van der Waals surface area contributed by atoms with Crippen molar-refractivity contribution in [1.29, 1.82) is 0 Å². The van der Waals surface area contributed by atoms with Crippen molar-refractivity contribution in [2.24, 2.45) is 7.05 Å². The second kappa shape index (κ2) is 4.81. The van der Waals surface area contributed by atoms with Gasteiger partial charge in [0.1, 0.15) is 0 Å². The van der Waals surface area contributed by atoms with Crippen LogP contribution in [0.15, 0.2) is 12.3 Å². The van der Waals surface area contributed by atoms with Crippen LogP contribution in [0.2, 0.25) is 0 Å². The standard InChI is InChI=1S/C14H21N5/c1-10-13-8-12(9-15-14(13)19(3)17-10)16-11-4-6-18(2)7-5-11/h8-9,11,16H,4-7H2,1-3H3. The van der Waals surface area contributed by atoms with Crippen molar-refractivity contribution >= 4 is 16.7 Å². The third kappa shape index (κ3) is 2.42. The summed E-state index contributed by atoms with van der Waals surface area (Å²) in [5.41, 5.74) is 3.10. The molecule has 0 saturated carbocycles. The normalized spacial score (nSPS) is 18.1. The molecule has 0 bridgehead atoms. The van der Waals surface area contributed by atoms with Gasteiger partial charge in [0.05, 0.1) is 17.6 Å². The first-order valence-corrected chi connectivity index (χ1v) is 6.88. The molecule has 2 aromatic heterocycles. The number of fused-ring (bicyclic) bond motifs is 1. The monoisotopic (exact) mass is 259 g/mol. The number of hydrogen-bond donors (Lipinski definition) is 1. The van der Waals surface area contributed by atoms with Crippen LogP contribution in [0, 0.1) is 6.92 Å². The number of nitrogens with one attached hydrogen (secondary N) is 1. The predicted octanol–water partition coefficient (Wildman–Crippen LogP) is 1.78. The Morgan fingerprint density at radius 2 is 2.00 bits per heavy atom. The zero-order valence-corrected chi connectivity index (χ0v) is 11.8. The van der Waals surface area contributed by atoms with Crippen LogP contribution in [-0.4, -0.2) is 45.8 Å². The van der Waals surface area contributed by atoms with Crippen LogP contribution in [0.1, 0.15) is 18.5 Å². The Hall–Kier alpha value is -1.62. The number of rotatable bonds is 2. The van der Waals surface area contributed by atoms with Crippen LogP contribution in [0.3, 0.4) is 0 Å². The fourth-order valence-electron chi connectivity index (χ4n) is 2.78. The number of nitrogens with zero attached hydrogens (tertiary/aromatic N) is 4. The second-order valence-electron chi connectivity index (χ2n) is 5.53. The van der Waals surface area contributed by atoms with Crippen molar-refractivity contribution in [3.05, 3.63) is 18.0 Å². The highest BCUT2D eigenvalue weighted by Gasteiger charge is 2.16. The lowest BCUT2D eigenvalue weighted by molar-refractivity contribution is 0.264. The zero-order chi connectivity index (χ0) is 13.4. The van der Waals surface area contributed by atoms with Crippen molar-refractivity contribution in [2.45, 2.75) is 25.8 Å². The number of piperidine rings is 1. The first-order chi connectivity index (χ1) is 9.13. The summed E-state index contributed by atoms with van der Waals surface area (Å²) < 4.78 is 1.84. The zero-order valence-electron chi connectivity index (χ0n) is 11.8. The van der Waals surface area contributed by atoms with Gasteiger partial charge in [0.15, 0.2) is 5.65 Å². The molecule has 5 heteroatoms. The molecular weight excluding hydrogens is 238 g/mol. The van der Waals surface area contributed by atoms with Crippen molar-refractivity contribution in [3.8, 4) is 0 Å². The molecule has 0 spiro atoms. The van der Waals surface area contributed by atoms with E-state index in [1.807, 2.05) is 24.9 Å². The summed E-state index contributed by atoms with van der Waals surface area (Å²) >= 11 is 0. The van der Waals surface area contributed by atoms with E-state index in [0.29, 0.717) is 6.04 Å². The lowest BCUT2D eigenvalue weighted by atomic mass is 10.1. The van der Waals surface area contributed by atoms with Gasteiger partial charge in [0.2, 0.25) is 0 Å². The van der Waals surface area contributed by atoms with Gasteiger partial charge in [-0.05, 0) is 46.0 Å². The summed E-state index contributed by atoms with van der Waals surface area (Å²) in [6.07, 6.45) is 4.31. The first-order valence-electron chi connectivity index (χ1n) is 6.88. The number of likely N-dealkylation sites (tertiary alicyclic amines) is 1. The van der Waals surface area contributed by atoms with Gasteiger partial charge in [-0.3, -0.25) is 4.68 Å². The quantitative estimate of drug-likeness (QED) is 0.893. The van der Waals surface area contributed by atoms with Crippen LogP contribution in [0.5, 0.6) is 0 Å². The number of aromatic nitrogens is 3. The van der Waals surface area contributed by atoms with Gasteiger partial charge in [-0.2, -0.15) is 5.10 Å². The van der Waals surface area contributed by atoms with Gasteiger partial charge in [-0.25, -0.2) is 4.98 Å². The smallest absolute Gasteiger partial charge is 0.157 e. The molecule has 2 aromatic rings. The second-order valence-corrected chi connectivity index (χ2v) is 5.53. The third-order valence-electron chi connectivity index (χ3n) is 3.95. The Labute approximate surface area is 113 Å². The predicted molar refractivity (Wildman–Crippen MR) is 77.4 cm³/mol. The molecule has 0 radical (unpaired) electrons. The van der Waals surface area contributed by atoms with E-state index in [4.69, 9.17) is 0 Å². The minimum atomic E-state index is 0.562. The largest absolute Gasteiger partial charge is 0.381 e. The maximum Gasteiger partial charge on any atom is 0.157 e. The first kappa shape index (κ1) is 12.4. The average Bonchev–Trinajstić information content (AvgIpc) is 2.68. The minimum absolute atomic E-state index is 0.562. The number of aryl methyl sites for hydroxylation is 2. The molecule has 0 amide bonds. The van der Waals surface area contributed by atoms with E-state index in [-0.39, 0.29) is 0 Å². The Morgan fingerprint density at radius 1 is 1.26 bits per heavy atom. The van der Waals surface area contributed by atoms with E-state index >= 15 is 0 Å². The van der Waals surface area contributed by atoms with Crippen molar-refractivity contribution < 1.29 is 0 Å². The molecule has 0 aromatic carbocycles. The summed E-state index contributed by atoms with van der Waals surface area (Å²) in [5.74, 6) is 0. The average molecular weight is 259 g/mol. The highest BCUT2D eigenvalue weighted by Crippen LogP contribution is 2.21. The Bertz CT molecular complexity index is 581. The maximum atomic E-state index is 4.51. The number of pyridine rings is 1. The molecular formula is C14H21N5. The Balaban J connectivity index is 1.80. The van der Waals surface area contributed by atoms with Gasteiger partial charge in [0.25, 0.3) is 0 Å². The molecule has 3 rings (SSSR count). The summed E-state index contributed by atoms with van der Waals surface area (Å²) in [4.78, 5) is 6.89. The highest BCUT2D eigenvalue weighted by molar-refractivity contribution is 5.81. The number of hydrogen-bond acceptors (Lipinski definition) is 4. The molecule has 3 heterocycles. The van der Waals surface area contributed by atoms with Crippen LogP contribution in [0.25, 0.3) is 11.0 Å². The van der Waals surface area contributed by atoms with Crippen molar-refractivity contribution in [2.75, 3.05) is 25.5 Å². The highest BCUT2D eigenvalue weighted by atomic mass is 15.3. The summed E-state index contributed by atoms with van der Waals surface area (Å²) in [5, 5.41) is 9.15. The van der Waals surface area contributed by atoms with E-state index < -0.39 is 0 Å². The van der Waals surface area contributed by atoms with Crippen molar-refractivity contribution in [3.63, 3.8) is 0 Å². The molecule has 1 aliphatic rings. The maximum absolute atomic E-state index is 4.51. The minimum Gasteiger partial charge on any atom is -0.381 e. The molecule has 1 N–H and O–H groups in total. The van der Waals surface area contributed by atoms with Gasteiger partial charge >= 0.3 is 0 Å². The van der Waals surface area contributed by atoms with Gasteiger partial charge in [-0.1, -0.05) is 0 Å². The van der Waals surface area contributed by atoms with Crippen LogP contribution in [-0.2, 0) is 7.05 Å². The number of anilines is 1. The molecule has 1 aliphatic heterocycles. The van der Waals surface area contributed by atoms with Gasteiger partial charge in [-0.15, -0.1) is 0 Å². The molecule has 102 valence electrons. The molecule has 0 unspecified atom stereocenters. The molecule has 1 fully saturated rings. The molecule has 0 aliphatic carbocycles. The lowest BCUT2D eigenvalue weighted by Crippen LogP contribution is -2.36. The Morgan fingerprint density at radius 3 is 2.74 bits per heavy atom. The summed E-state index contributed by atoms with van der Waals surface area (Å²) in [6.45, 7) is 4.36. The fraction of sp³-hybridized carbons (Fsp3) is 0.571. The third-order valence-corrected chi connectivity index (χ3v) is 3.95. The van der Waals surface area contributed by atoms with E-state index in [9.17, 15) is 0 Å². The van der Waals surface area contributed by atoms with E-state index in [2.05, 4.69) is 33.4 Å². The molecule has 5 nitrogen and oxygen atoms in total. The van der Waals surface area contributed by atoms with E-state index in [1.165, 1.54) is 25.9 Å². The van der Waals surface area contributed by atoms with Crippen LogP contribution >= 0.6 is 0 Å². The van der Waals surface area contributed by atoms with E-state index in [0.717, 1.165) is 22.4 Å². The van der Waals surface area contributed by atoms with E-state index in [1.54, 1.807) is 0 Å². The van der Waals surface area contributed by atoms with Crippen LogP contribution < -0.4 is 5.32 Å². The SMILES string of the molecule is Cc1nn(C)c2ncc(NC3CCN(C)CC3)cc12. The Kier molecular flexibility index (Phi) is 3.14. The summed E-state index contributed by atoms with van der Waals surface area (Å²) in [6, 6.07) is 2.73.